The van der Waals surface area contributed by atoms with Crippen LogP contribution < -0.4 is 0 Å². The molecule has 30 heavy (non-hydrogen) atoms. The molecule has 156 valence electrons. The third kappa shape index (κ3) is 4.56. The summed E-state index contributed by atoms with van der Waals surface area (Å²) in [7, 11) is 0. The Hall–Kier alpha value is -2.68. The lowest BCUT2D eigenvalue weighted by Gasteiger charge is -2.29. The Kier molecular flexibility index (Phi) is 6.17. The minimum Gasteiger partial charge on any atom is -0.503 e. The van der Waals surface area contributed by atoms with Gasteiger partial charge in [0.2, 0.25) is 0 Å². The van der Waals surface area contributed by atoms with Crippen LogP contribution in [0.15, 0.2) is 66.7 Å². The van der Waals surface area contributed by atoms with E-state index in [4.69, 9.17) is 0 Å². The molecule has 1 atom stereocenters. The number of aromatic hydroxyl groups is 1. The molecule has 1 fully saturated rings. The van der Waals surface area contributed by atoms with Gasteiger partial charge >= 0.3 is 0 Å². The second kappa shape index (κ2) is 8.99. The van der Waals surface area contributed by atoms with Crippen LogP contribution in [0, 0.1) is 11.6 Å². The predicted molar refractivity (Wildman–Crippen MR) is 117 cm³/mol. The van der Waals surface area contributed by atoms with Crippen LogP contribution in [0.5, 0.6) is 5.75 Å². The molecule has 1 saturated carbocycles. The summed E-state index contributed by atoms with van der Waals surface area (Å²) < 4.78 is 27.4. The molecule has 0 saturated heterocycles. The van der Waals surface area contributed by atoms with Gasteiger partial charge < -0.3 is 5.11 Å². The first-order chi connectivity index (χ1) is 14.5. The zero-order valence-electron chi connectivity index (χ0n) is 17.3. The summed E-state index contributed by atoms with van der Waals surface area (Å²) in [5.74, 6) is -1.49. The molecule has 1 N–H and O–H groups in total. The van der Waals surface area contributed by atoms with Gasteiger partial charge in [-0.25, -0.2) is 8.78 Å². The van der Waals surface area contributed by atoms with E-state index in [2.05, 4.69) is 55.5 Å². The lowest BCUT2D eigenvalue weighted by Crippen LogP contribution is -2.12. The average molecular weight is 407 g/mol. The molecular weight excluding hydrogens is 378 g/mol. The summed E-state index contributed by atoms with van der Waals surface area (Å²) in [6.45, 7) is 2.26. The molecule has 0 heterocycles. The standard InChI is InChI=1S/C27H28F2O/c1-18(20-5-3-2-4-6-20)15-19-7-9-21(10-8-19)22-11-13-23(14-12-22)24-16-25(28)27(30)26(29)17-24/h2-10,16-18,22-23,30H,11-15H2,1H3/t18-,22?,23?/m1/s1. The molecule has 0 aromatic heterocycles. The Labute approximate surface area is 177 Å². The summed E-state index contributed by atoms with van der Waals surface area (Å²) in [5.41, 5.74) is 4.72. The fourth-order valence-electron chi connectivity index (χ4n) is 4.76. The molecule has 0 spiro atoms. The van der Waals surface area contributed by atoms with Gasteiger partial charge in [0, 0.05) is 0 Å². The fraction of sp³-hybridized carbons (Fsp3) is 0.333. The third-order valence-electron chi connectivity index (χ3n) is 6.60. The maximum atomic E-state index is 13.7. The van der Waals surface area contributed by atoms with Crippen molar-refractivity contribution in [2.75, 3.05) is 0 Å². The zero-order chi connectivity index (χ0) is 21.1. The van der Waals surface area contributed by atoms with Gasteiger partial charge in [0.15, 0.2) is 17.4 Å². The van der Waals surface area contributed by atoms with Crippen LogP contribution in [0.2, 0.25) is 0 Å². The van der Waals surface area contributed by atoms with Gasteiger partial charge in [-0.05, 0) is 84.2 Å². The van der Waals surface area contributed by atoms with Gasteiger partial charge in [-0.15, -0.1) is 0 Å². The molecular formula is C27H28F2O. The Morgan fingerprint density at radius 1 is 0.800 bits per heavy atom. The minimum absolute atomic E-state index is 0.150. The van der Waals surface area contributed by atoms with Crippen LogP contribution in [0.3, 0.4) is 0 Å². The SMILES string of the molecule is C[C@H](Cc1ccc(C2CCC(c3cc(F)c(O)c(F)c3)CC2)cc1)c1ccccc1. The van der Waals surface area contributed by atoms with Crippen molar-refractivity contribution in [2.45, 2.75) is 56.8 Å². The molecule has 0 radical (unpaired) electrons. The number of phenols is 1. The normalized spacial score (nSPS) is 20.1. The van der Waals surface area contributed by atoms with Gasteiger partial charge in [-0.1, -0.05) is 61.5 Å². The highest BCUT2D eigenvalue weighted by molar-refractivity contribution is 5.33. The van der Waals surface area contributed by atoms with Crippen LogP contribution >= 0.6 is 0 Å². The lowest BCUT2D eigenvalue weighted by molar-refractivity contribution is 0.380. The van der Waals surface area contributed by atoms with Crippen LogP contribution in [0.4, 0.5) is 8.78 Å². The number of hydrogen-bond acceptors (Lipinski definition) is 1. The van der Waals surface area contributed by atoms with Gasteiger partial charge in [0.25, 0.3) is 0 Å². The maximum absolute atomic E-state index is 13.7. The first-order valence-corrected chi connectivity index (χ1v) is 10.8. The topological polar surface area (TPSA) is 20.2 Å². The van der Waals surface area contributed by atoms with Crippen molar-refractivity contribution < 1.29 is 13.9 Å². The third-order valence-corrected chi connectivity index (χ3v) is 6.60. The highest BCUT2D eigenvalue weighted by Gasteiger charge is 2.25. The molecule has 3 heteroatoms. The van der Waals surface area contributed by atoms with Crippen molar-refractivity contribution in [1.29, 1.82) is 0 Å². The largest absolute Gasteiger partial charge is 0.503 e. The van der Waals surface area contributed by atoms with E-state index in [9.17, 15) is 13.9 Å². The predicted octanol–water partition coefficient (Wildman–Crippen LogP) is 7.46. The molecule has 0 aliphatic heterocycles. The number of halogens is 2. The number of hydrogen-bond donors (Lipinski definition) is 1. The summed E-state index contributed by atoms with van der Waals surface area (Å²) >= 11 is 0. The first-order valence-electron chi connectivity index (χ1n) is 10.8. The Morgan fingerprint density at radius 3 is 1.90 bits per heavy atom. The molecule has 1 aliphatic rings. The highest BCUT2D eigenvalue weighted by atomic mass is 19.1. The molecule has 1 aliphatic carbocycles. The van der Waals surface area contributed by atoms with Gasteiger partial charge in [0.05, 0.1) is 0 Å². The van der Waals surface area contributed by atoms with Crippen molar-refractivity contribution in [3.05, 3.63) is 101 Å². The fourth-order valence-corrected chi connectivity index (χ4v) is 4.76. The molecule has 3 aromatic carbocycles. The first kappa shape index (κ1) is 20.6. The molecule has 1 nitrogen and oxygen atoms in total. The second-order valence-electron chi connectivity index (χ2n) is 8.64. The van der Waals surface area contributed by atoms with Crippen molar-refractivity contribution >= 4 is 0 Å². The van der Waals surface area contributed by atoms with Crippen molar-refractivity contribution in [2.24, 2.45) is 0 Å². The monoisotopic (exact) mass is 406 g/mol. The van der Waals surface area contributed by atoms with E-state index in [0.717, 1.165) is 32.1 Å². The Balaban J connectivity index is 1.36. The van der Waals surface area contributed by atoms with E-state index in [0.29, 0.717) is 17.4 Å². The Morgan fingerprint density at radius 2 is 1.33 bits per heavy atom. The molecule has 3 aromatic rings. The maximum Gasteiger partial charge on any atom is 0.187 e. The number of benzene rings is 3. The smallest absolute Gasteiger partial charge is 0.187 e. The van der Waals surface area contributed by atoms with Crippen LogP contribution in [0.25, 0.3) is 0 Å². The van der Waals surface area contributed by atoms with Gasteiger partial charge in [-0.2, -0.15) is 0 Å². The average Bonchev–Trinajstić information content (AvgIpc) is 2.78. The van der Waals surface area contributed by atoms with E-state index in [1.807, 2.05) is 6.07 Å². The van der Waals surface area contributed by atoms with Crippen LogP contribution in [-0.4, -0.2) is 5.11 Å². The van der Waals surface area contributed by atoms with E-state index in [-0.39, 0.29) is 5.92 Å². The molecule has 0 amide bonds. The molecule has 4 rings (SSSR count). The lowest BCUT2D eigenvalue weighted by atomic mass is 9.76. The quantitative estimate of drug-likeness (QED) is 0.466. The van der Waals surface area contributed by atoms with E-state index < -0.39 is 17.4 Å². The zero-order valence-corrected chi connectivity index (χ0v) is 17.3. The van der Waals surface area contributed by atoms with Gasteiger partial charge in [0.1, 0.15) is 0 Å². The van der Waals surface area contributed by atoms with E-state index >= 15 is 0 Å². The Bertz CT molecular complexity index is 950. The number of rotatable bonds is 5. The van der Waals surface area contributed by atoms with Crippen molar-refractivity contribution in [3.63, 3.8) is 0 Å². The van der Waals surface area contributed by atoms with E-state index in [1.165, 1.54) is 28.8 Å². The van der Waals surface area contributed by atoms with E-state index in [1.54, 1.807) is 0 Å². The summed E-state index contributed by atoms with van der Waals surface area (Å²) in [4.78, 5) is 0. The van der Waals surface area contributed by atoms with Crippen molar-refractivity contribution in [3.8, 4) is 5.75 Å². The number of phenolic OH excluding ortho intramolecular Hbond substituents is 1. The minimum atomic E-state index is -0.880. The molecule has 0 unspecified atom stereocenters. The van der Waals surface area contributed by atoms with Crippen LogP contribution in [-0.2, 0) is 6.42 Å². The van der Waals surface area contributed by atoms with Gasteiger partial charge in [-0.3, -0.25) is 0 Å². The summed E-state index contributed by atoms with van der Waals surface area (Å²) in [5, 5.41) is 9.31. The molecule has 0 bridgehead atoms. The summed E-state index contributed by atoms with van der Waals surface area (Å²) in [6.07, 6.45) is 4.85. The highest BCUT2D eigenvalue weighted by Crippen LogP contribution is 2.41. The van der Waals surface area contributed by atoms with Crippen molar-refractivity contribution in [1.82, 2.24) is 0 Å². The second-order valence-corrected chi connectivity index (χ2v) is 8.64. The summed E-state index contributed by atoms with van der Waals surface area (Å²) in [6, 6.07) is 22.1. The van der Waals surface area contributed by atoms with Crippen LogP contribution in [0.1, 0.15) is 72.6 Å².